The van der Waals surface area contributed by atoms with E-state index in [9.17, 15) is 4.79 Å². The number of carbonyl (C=O) groups excluding carboxylic acids is 1. The number of carbonyl (C=O) groups is 1. The van der Waals surface area contributed by atoms with Crippen molar-refractivity contribution in [2.24, 2.45) is 11.7 Å². The largest absolute Gasteiger partial charge is 0.368 e. The first kappa shape index (κ1) is 16.4. The second-order valence-corrected chi connectivity index (χ2v) is 6.81. The normalized spacial score (nSPS) is 27.7. The van der Waals surface area contributed by atoms with Crippen LogP contribution in [0.1, 0.15) is 53.4 Å². The topological polar surface area (TPSA) is 58.4 Å². The fourth-order valence-corrected chi connectivity index (χ4v) is 3.02. The van der Waals surface area contributed by atoms with Gasteiger partial charge < -0.3 is 16.0 Å². The highest BCUT2D eigenvalue weighted by Crippen LogP contribution is 2.33. The van der Waals surface area contributed by atoms with Gasteiger partial charge in [-0.3, -0.25) is 4.79 Å². The molecule has 0 aromatic heterocycles. The van der Waals surface area contributed by atoms with Gasteiger partial charge >= 0.3 is 0 Å². The molecular formula is C15H31N3O. The predicted molar refractivity (Wildman–Crippen MR) is 79.9 cm³/mol. The lowest BCUT2D eigenvalue weighted by molar-refractivity contribution is -0.124. The molecule has 0 spiro atoms. The zero-order chi connectivity index (χ0) is 14.6. The van der Waals surface area contributed by atoms with Crippen molar-refractivity contribution >= 4 is 5.91 Å². The third-order valence-electron chi connectivity index (χ3n) is 4.21. The Labute approximate surface area is 118 Å². The van der Waals surface area contributed by atoms with Crippen LogP contribution in [-0.4, -0.2) is 42.0 Å². The van der Waals surface area contributed by atoms with Gasteiger partial charge in [0, 0.05) is 12.1 Å². The molecule has 3 N–H and O–H groups in total. The summed E-state index contributed by atoms with van der Waals surface area (Å²) in [5, 5.41) is 3.40. The molecule has 2 unspecified atom stereocenters. The number of nitrogens with one attached hydrogen (secondary N) is 1. The van der Waals surface area contributed by atoms with Gasteiger partial charge in [-0.2, -0.15) is 0 Å². The Hall–Kier alpha value is -0.610. The van der Waals surface area contributed by atoms with E-state index in [1.165, 1.54) is 6.42 Å². The van der Waals surface area contributed by atoms with Gasteiger partial charge in [0.15, 0.2) is 0 Å². The van der Waals surface area contributed by atoms with Crippen molar-refractivity contribution in [3.05, 3.63) is 0 Å². The number of hydrogen-bond acceptors (Lipinski definition) is 3. The van der Waals surface area contributed by atoms with Crippen molar-refractivity contribution in [3.63, 3.8) is 0 Å². The monoisotopic (exact) mass is 269 g/mol. The van der Waals surface area contributed by atoms with E-state index in [1.807, 2.05) is 0 Å². The lowest BCUT2D eigenvalue weighted by Crippen LogP contribution is -2.56. The highest BCUT2D eigenvalue weighted by atomic mass is 16.1. The Bertz CT molecular complexity index is 304. The van der Waals surface area contributed by atoms with Crippen LogP contribution in [-0.2, 0) is 4.79 Å². The van der Waals surface area contributed by atoms with Gasteiger partial charge in [-0.15, -0.1) is 0 Å². The summed E-state index contributed by atoms with van der Waals surface area (Å²) in [5.41, 5.74) is 5.15. The molecule has 112 valence electrons. The minimum absolute atomic E-state index is 0.194. The summed E-state index contributed by atoms with van der Waals surface area (Å²) in [6, 6.07) is 0.754. The van der Waals surface area contributed by atoms with Gasteiger partial charge in [-0.05, 0) is 59.0 Å². The van der Waals surface area contributed by atoms with Crippen LogP contribution in [0.15, 0.2) is 0 Å². The van der Waals surface area contributed by atoms with E-state index in [1.54, 1.807) is 0 Å². The molecule has 0 bridgehead atoms. The van der Waals surface area contributed by atoms with E-state index >= 15 is 0 Å². The van der Waals surface area contributed by atoms with Crippen molar-refractivity contribution in [3.8, 4) is 0 Å². The van der Waals surface area contributed by atoms with Gasteiger partial charge in [0.2, 0.25) is 5.91 Å². The standard InChI is InChI=1S/C15H31N3O/c1-11(2)7-9-18(5)13-6-8-15(10-13,14(16)19)17-12(3)4/h11-13,17H,6-10H2,1-5H3,(H2,16,19). The van der Waals surface area contributed by atoms with E-state index < -0.39 is 5.54 Å². The molecule has 1 amide bonds. The summed E-state index contributed by atoms with van der Waals surface area (Å²) >= 11 is 0. The minimum Gasteiger partial charge on any atom is -0.368 e. The average Bonchev–Trinajstić information content (AvgIpc) is 2.70. The second kappa shape index (κ2) is 6.71. The number of nitrogens with zero attached hydrogens (tertiary/aromatic N) is 1. The molecule has 1 fully saturated rings. The summed E-state index contributed by atoms with van der Waals surface area (Å²) in [7, 11) is 2.17. The van der Waals surface area contributed by atoms with E-state index in [0.717, 1.165) is 31.7 Å². The van der Waals surface area contributed by atoms with Crippen molar-refractivity contribution in [2.45, 2.75) is 71.0 Å². The maximum atomic E-state index is 11.8. The molecule has 0 saturated heterocycles. The lowest BCUT2D eigenvalue weighted by atomic mass is 9.95. The Balaban J connectivity index is 2.60. The molecule has 0 aliphatic heterocycles. The first-order valence-electron chi connectivity index (χ1n) is 7.54. The quantitative estimate of drug-likeness (QED) is 0.740. The average molecular weight is 269 g/mol. The van der Waals surface area contributed by atoms with Crippen LogP contribution in [0.25, 0.3) is 0 Å². The molecule has 0 heterocycles. The number of nitrogens with two attached hydrogens (primary N) is 1. The van der Waals surface area contributed by atoms with Crippen LogP contribution >= 0.6 is 0 Å². The van der Waals surface area contributed by atoms with Gasteiger partial charge in [-0.25, -0.2) is 0 Å². The number of amides is 1. The van der Waals surface area contributed by atoms with Gasteiger partial charge in [0.25, 0.3) is 0 Å². The zero-order valence-electron chi connectivity index (χ0n) is 13.2. The molecule has 4 nitrogen and oxygen atoms in total. The molecule has 4 heteroatoms. The highest BCUT2D eigenvalue weighted by molar-refractivity contribution is 5.85. The van der Waals surface area contributed by atoms with Crippen LogP contribution in [0.2, 0.25) is 0 Å². The molecule has 0 radical (unpaired) electrons. The fraction of sp³-hybridized carbons (Fsp3) is 0.933. The fourth-order valence-electron chi connectivity index (χ4n) is 3.02. The van der Waals surface area contributed by atoms with E-state index in [2.05, 4.69) is 45.0 Å². The van der Waals surface area contributed by atoms with Crippen molar-refractivity contribution < 1.29 is 4.79 Å². The molecular weight excluding hydrogens is 238 g/mol. The Morgan fingerprint density at radius 2 is 2.05 bits per heavy atom. The SMILES string of the molecule is CC(C)CCN(C)C1CCC(NC(C)C)(C(N)=O)C1. The predicted octanol–water partition coefficient (Wildman–Crippen LogP) is 1.74. The third-order valence-corrected chi connectivity index (χ3v) is 4.21. The molecule has 1 saturated carbocycles. The Morgan fingerprint density at radius 3 is 2.53 bits per heavy atom. The summed E-state index contributed by atoms with van der Waals surface area (Å²) in [5.74, 6) is 0.527. The van der Waals surface area contributed by atoms with Crippen LogP contribution in [0.3, 0.4) is 0 Å². The van der Waals surface area contributed by atoms with Crippen molar-refractivity contribution in [1.82, 2.24) is 10.2 Å². The molecule has 2 atom stereocenters. The summed E-state index contributed by atoms with van der Waals surface area (Å²) in [6.45, 7) is 9.73. The summed E-state index contributed by atoms with van der Waals surface area (Å²) in [6.07, 6.45) is 3.96. The summed E-state index contributed by atoms with van der Waals surface area (Å²) < 4.78 is 0. The van der Waals surface area contributed by atoms with E-state index in [-0.39, 0.29) is 11.9 Å². The highest BCUT2D eigenvalue weighted by Gasteiger charge is 2.45. The maximum Gasteiger partial charge on any atom is 0.237 e. The Kier molecular flexibility index (Phi) is 5.81. The van der Waals surface area contributed by atoms with Gasteiger partial charge in [0.1, 0.15) is 0 Å². The zero-order valence-corrected chi connectivity index (χ0v) is 13.2. The van der Waals surface area contributed by atoms with Gasteiger partial charge in [-0.1, -0.05) is 13.8 Å². The first-order chi connectivity index (χ1) is 8.77. The van der Waals surface area contributed by atoms with Gasteiger partial charge in [0.05, 0.1) is 5.54 Å². The molecule has 0 aromatic rings. The van der Waals surface area contributed by atoms with Crippen molar-refractivity contribution in [1.29, 1.82) is 0 Å². The minimum atomic E-state index is -0.495. The molecule has 19 heavy (non-hydrogen) atoms. The first-order valence-corrected chi connectivity index (χ1v) is 7.54. The van der Waals surface area contributed by atoms with E-state index in [4.69, 9.17) is 5.73 Å². The van der Waals surface area contributed by atoms with E-state index in [0.29, 0.717) is 6.04 Å². The summed E-state index contributed by atoms with van der Waals surface area (Å²) in [4.78, 5) is 14.2. The van der Waals surface area contributed by atoms with Crippen LogP contribution in [0.4, 0.5) is 0 Å². The molecule has 1 aliphatic rings. The molecule has 0 aromatic carbocycles. The van der Waals surface area contributed by atoms with Crippen LogP contribution < -0.4 is 11.1 Å². The lowest BCUT2D eigenvalue weighted by Gasteiger charge is -2.31. The Morgan fingerprint density at radius 1 is 1.42 bits per heavy atom. The number of hydrogen-bond donors (Lipinski definition) is 2. The van der Waals surface area contributed by atoms with Crippen molar-refractivity contribution in [2.75, 3.05) is 13.6 Å². The third kappa shape index (κ3) is 4.46. The number of primary amides is 1. The smallest absolute Gasteiger partial charge is 0.237 e. The van der Waals surface area contributed by atoms with Crippen LogP contribution in [0.5, 0.6) is 0 Å². The molecule has 1 aliphatic carbocycles. The number of rotatable bonds is 7. The maximum absolute atomic E-state index is 11.8. The van der Waals surface area contributed by atoms with Crippen LogP contribution in [0, 0.1) is 5.92 Å². The second-order valence-electron chi connectivity index (χ2n) is 6.81. The molecule has 1 rings (SSSR count).